The monoisotopic (exact) mass is 261 g/mol. The van der Waals surface area contributed by atoms with E-state index in [9.17, 15) is 4.79 Å². The van der Waals surface area contributed by atoms with Gasteiger partial charge in [-0.3, -0.25) is 0 Å². The molecule has 0 amide bonds. The second-order valence-corrected chi connectivity index (χ2v) is 4.61. The van der Waals surface area contributed by atoms with E-state index in [1.54, 1.807) is 0 Å². The van der Waals surface area contributed by atoms with E-state index in [2.05, 4.69) is 4.98 Å². The molecule has 5 heteroatoms. The smallest absolute Gasteiger partial charge is 0.358 e. The number of rotatable bonds is 3. The second kappa shape index (κ2) is 5.51. The number of halogens is 2. The van der Waals surface area contributed by atoms with Crippen LogP contribution in [-0.2, 0) is 4.74 Å². The van der Waals surface area contributed by atoms with E-state index in [0.29, 0.717) is 0 Å². The van der Waals surface area contributed by atoms with Crippen LogP contribution >= 0.6 is 23.2 Å². The van der Waals surface area contributed by atoms with Gasteiger partial charge in [-0.25, -0.2) is 9.78 Å². The Morgan fingerprint density at radius 2 is 1.94 bits per heavy atom. The molecular formula is C11H13Cl2NO2. The molecular weight excluding hydrogens is 249 g/mol. The van der Waals surface area contributed by atoms with E-state index in [1.807, 2.05) is 20.8 Å². The predicted octanol–water partition coefficient (Wildman–Crippen LogP) is 3.59. The molecule has 0 saturated heterocycles. The van der Waals surface area contributed by atoms with Gasteiger partial charge in [-0.15, -0.1) is 0 Å². The summed E-state index contributed by atoms with van der Waals surface area (Å²) in [5.41, 5.74) is 0.0571. The van der Waals surface area contributed by atoms with Gasteiger partial charge in [0.2, 0.25) is 0 Å². The predicted molar refractivity (Wildman–Crippen MR) is 64.0 cm³/mol. The Hall–Kier alpha value is -0.800. The van der Waals surface area contributed by atoms with E-state index in [4.69, 9.17) is 27.9 Å². The molecule has 1 aromatic heterocycles. The molecule has 0 spiro atoms. The van der Waals surface area contributed by atoms with Crippen LogP contribution in [-0.4, -0.2) is 17.1 Å². The van der Waals surface area contributed by atoms with Crippen LogP contribution in [0.4, 0.5) is 0 Å². The van der Waals surface area contributed by atoms with Gasteiger partial charge in [-0.05, 0) is 25.0 Å². The normalized spacial score (nSPS) is 12.6. The highest BCUT2D eigenvalue weighted by molar-refractivity contribution is 6.34. The molecule has 1 unspecified atom stereocenters. The SMILES string of the molecule is CC(C)C(C)OC(=O)c1nc(Cl)ccc1Cl. The molecule has 0 saturated carbocycles. The van der Waals surface area contributed by atoms with Gasteiger partial charge in [-0.1, -0.05) is 37.0 Å². The average Bonchev–Trinajstić information content (AvgIpc) is 2.21. The molecule has 1 heterocycles. The molecule has 0 aliphatic rings. The Labute approximate surface area is 105 Å². The lowest BCUT2D eigenvalue weighted by molar-refractivity contribution is 0.0231. The van der Waals surface area contributed by atoms with Crippen molar-refractivity contribution in [3.05, 3.63) is 28.0 Å². The molecule has 0 N–H and O–H groups in total. The van der Waals surface area contributed by atoms with Gasteiger partial charge in [0.05, 0.1) is 5.02 Å². The Morgan fingerprint density at radius 1 is 1.31 bits per heavy atom. The maximum Gasteiger partial charge on any atom is 0.358 e. The molecule has 0 radical (unpaired) electrons. The number of hydrogen-bond acceptors (Lipinski definition) is 3. The molecule has 0 bridgehead atoms. The maximum absolute atomic E-state index is 11.7. The van der Waals surface area contributed by atoms with Crippen molar-refractivity contribution >= 4 is 29.2 Å². The van der Waals surface area contributed by atoms with Crippen LogP contribution in [0, 0.1) is 5.92 Å². The number of carbonyl (C=O) groups is 1. The third-order valence-electron chi connectivity index (χ3n) is 2.24. The van der Waals surface area contributed by atoms with Crippen LogP contribution in [0.1, 0.15) is 31.3 Å². The molecule has 3 nitrogen and oxygen atoms in total. The lowest BCUT2D eigenvalue weighted by Crippen LogP contribution is -2.21. The number of ether oxygens (including phenoxy) is 1. The van der Waals surface area contributed by atoms with Crippen molar-refractivity contribution in [3.63, 3.8) is 0 Å². The van der Waals surface area contributed by atoms with Crippen LogP contribution in [0.2, 0.25) is 10.2 Å². The summed E-state index contributed by atoms with van der Waals surface area (Å²) in [5.74, 6) is -0.310. The zero-order valence-electron chi connectivity index (χ0n) is 9.33. The highest BCUT2D eigenvalue weighted by atomic mass is 35.5. The number of pyridine rings is 1. The summed E-state index contributed by atoms with van der Waals surface area (Å²) < 4.78 is 5.19. The molecule has 1 rings (SSSR count). The lowest BCUT2D eigenvalue weighted by atomic mass is 10.1. The van der Waals surface area contributed by atoms with Gasteiger partial charge < -0.3 is 4.74 Å². The number of nitrogens with zero attached hydrogens (tertiary/aromatic N) is 1. The van der Waals surface area contributed by atoms with Gasteiger partial charge in [0, 0.05) is 0 Å². The van der Waals surface area contributed by atoms with Gasteiger partial charge in [0.1, 0.15) is 11.3 Å². The standard InChI is InChI=1S/C11H13Cl2NO2/c1-6(2)7(3)16-11(15)10-8(12)4-5-9(13)14-10/h4-7H,1-3H3. The van der Waals surface area contributed by atoms with Crippen LogP contribution in [0.25, 0.3) is 0 Å². The number of carbonyl (C=O) groups excluding carboxylic acids is 1. The minimum Gasteiger partial charge on any atom is -0.458 e. The fourth-order valence-corrected chi connectivity index (χ4v) is 1.25. The Morgan fingerprint density at radius 3 is 2.50 bits per heavy atom. The Bertz CT molecular complexity index is 394. The maximum atomic E-state index is 11.7. The van der Waals surface area contributed by atoms with Crippen molar-refractivity contribution in [2.45, 2.75) is 26.9 Å². The van der Waals surface area contributed by atoms with E-state index >= 15 is 0 Å². The van der Waals surface area contributed by atoms with E-state index in [1.165, 1.54) is 12.1 Å². The quantitative estimate of drug-likeness (QED) is 0.617. The third kappa shape index (κ3) is 3.35. The second-order valence-electron chi connectivity index (χ2n) is 3.82. The summed E-state index contributed by atoms with van der Waals surface area (Å²) in [6.45, 7) is 5.75. The summed E-state index contributed by atoms with van der Waals surface area (Å²) in [6, 6.07) is 3.04. The Kier molecular flexibility index (Phi) is 4.56. The summed E-state index contributed by atoms with van der Waals surface area (Å²) in [4.78, 5) is 15.5. The minimum atomic E-state index is -0.547. The first-order chi connectivity index (χ1) is 7.41. The molecule has 88 valence electrons. The molecule has 0 aliphatic heterocycles. The molecule has 0 fully saturated rings. The first kappa shape index (κ1) is 13.3. The van der Waals surface area contributed by atoms with Crippen molar-refractivity contribution in [1.82, 2.24) is 4.98 Å². The molecule has 16 heavy (non-hydrogen) atoms. The van der Waals surface area contributed by atoms with Gasteiger partial charge in [0.25, 0.3) is 0 Å². The topological polar surface area (TPSA) is 39.2 Å². The summed E-state index contributed by atoms with van der Waals surface area (Å²) in [6.07, 6.45) is -0.190. The van der Waals surface area contributed by atoms with Gasteiger partial charge in [-0.2, -0.15) is 0 Å². The van der Waals surface area contributed by atoms with Gasteiger partial charge in [0.15, 0.2) is 5.69 Å². The summed E-state index contributed by atoms with van der Waals surface area (Å²) in [5, 5.41) is 0.457. The minimum absolute atomic E-state index is 0.0571. The number of hydrogen-bond donors (Lipinski definition) is 0. The fraction of sp³-hybridized carbons (Fsp3) is 0.455. The average molecular weight is 262 g/mol. The fourth-order valence-electron chi connectivity index (χ4n) is 0.922. The van der Waals surface area contributed by atoms with E-state index in [0.717, 1.165) is 0 Å². The molecule has 1 atom stereocenters. The first-order valence-electron chi connectivity index (χ1n) is 4.95. The molecule has 0 aliphatic carbocycles. The van der Waals surface area contributed by atoms with Gasteiger partial charge >= 0.3 is 5.97 Å². The van der Waals surface area contributed by atoms with E-state index < -0.39 is 5.97 Å². The van der Waals surface area contributed by atoms with Crippen molar-refractivity contribution in [3.8, 4) is 0 Å². The first-order valence-corrected chi connectivity index (χ1v) is 5.70. The third-order valence-corrected chi connectivity index (χ3v) is 2.75. The molecule has 0 aromatic carbocycles. The highest BCUT2D eigenvalue weighted by Gasteiger charge is 2.18. The zero-order chi connectivity index (χ0) is 12.3. The number of esters is 1. The Balaban J connectivity index is 2.84. The largest absolute Gasteiger partial charge is 0.458 e. The van der Waals surface area contributed by atoms with Crippen molar-refractivity contribution in [2.24, 2.45) is 5.92 Å². The van der Waals surface area contributed by atoms with Crippen LogP contribution in [0.5, 0.6) is 0 Å². The summed E-state index contributed by atoms with van der Waals surface area (Å²) >= 11 is 11.5. The van der Waals surface area contributed by atoms with Crippen LogP contribution in [0.3, 0.4) is 0 Å². The number of aromatic nitrogens is 1. The van der Waals surface area contributed by atoms with E-state index in [-0.39, 0.29) is 27.9 Å². The van der Waals surface area contributed by atoms with Crippen LogP contribution in [0.15, 0.2) is 12.1 Å². The van der Waals surface area contributed by atoms with Crippen LogP contribution < -0.4 is 0 Å². The van der Waals surface area contributed by atoms with Crippen molar-refractivity contribution < 1.29 is 9.53 Å². The molecule has 1 aromatic rings. The highest BCUT2D eigenvalue weighted by Crippen LogP contribution is 2.19. The lowest BCUT2D eigenvalue weighted by Gasteiger charge is -2.16. The van der Waals surface area contributed by atoms with Crippen molar-refractivity contribution in [2.75, 3.05) is 0 Å². The van der Waals surface area contributed by atoms with Crippen molar-refractivity contribution in [1.29, 1.82) is 0 Å². The summed E-state index contributed by atoms with van der Waals surface area (Å²) in [7, 11) is 0. The zero-order valence-corrected chi connectivity index (χ0v) is 10.8.